The highest BCUT2D eigenvalue weighted by Crippen LogP contribution is 2.34. The zero-order chi connectivity index (χ0) is 17.2. The topological polar surface area (TPSA) is 101 Å². The number of nitrogens with zero attached hydrogens (tertiary/aromatic N) is 1. The van der Waals surface area contributed by atoms with E-state index in [0.29, 0.717) is 28.0 Å². The second-order valence-electron chi connectivity index (χ2n) is 5.48. The summed E-state index contributed by atoms with van der Waals surface area (Å²) in [4.78, 5) is 16.0. The van der Waals surface area contributed by atoms with Gasteiger partial charge in [0.05, 0.1) is 10.6 Å². The third-order valence-corrected chi connectivity index (χ3v) is 5.21. The smallest absolute Gasteiger partial charge is 0.273 e. The Morgan fingerprint density at radius 2 is 2.09 bits per heavy atom. The van der Waals surface area contributed by atoms with Crippen LogP contribution in [0.15, 0.2) is 21.6 Å². The Morgan fingerprint density at radius 1 is 1.39 bits per heavy atom. The van der Waals surface area contributed by atoms with E-state index in [1.54, 1.807) is 13.0 Å². The number of sulfonamides is 1. The minimum absolute atomic E-state index is 0.137. The molecule has 0 radical (unpaired) electrons. The standard InChI is InChI=1S/C14H19N3O4S2/c1-8(2)7-15-23(19,20)12-6-5-11(21-12)13-9(3)16-14(22-13)17-10(4)18/h5-6,8,15H,7H2,1-4H3,(H,16,17,18). The molecule has 0 aliphatic carbocycles. The molecule has 2 aromatic rings. The van der Waals surface area contributed by atoms with E-state index in [2.05, 4.69) is 15.0 Å². The highest BCUT2D eigenvalue weighted by molar-refractivity contribution is 7.89. The minimum Gasteiger partial charge on any atom is -0.442 e. The van der Waals surface area contributed by atoms with Crippen LogP contribution in [0.1, 0.15) is 26.5 Å². The number of thiazole rings is 1. The highest BCUT2D eigenvalue weighted by atomic mass is 32.2. The fourth-order valence-corrected chi connectivity index (χ4v) is 3.88. The predicted octanol–water partition coefficient (Wildman–Crippen LogP) is 2.60. The molecule has 2 N–H and O–H groups in total. The van der Waals surface area contributed by atoms with Gasteiger partial charge in [0.1, 0.15) is 5.76 Å². The summed E-state index contributed by atoms with van der Waals surface area (Å²) in [7, 11) is -3.67. The number of amides is 1. The molecule has 0 aliphatic heterocycles. The number of hydrogen-bond acceptors (Lipinski definition) is 6. The average molecular weight is 357 g/mol. The van der Waals surface area contributed by atoms with Crippen molar-refractivity contribution in [3.05, 3.63) is 17.8 Å². The third kappa shape index (κ3) is 4.40. The van der Waals surface area contributed by atoms with E-state index >= 15 is 0 Å². The van der Waals surface area contributed by atoms with Crippen LogP contribution in [0, 0.1) is 12.8 Å². The molecule has 23 heavy (non-hydrogen) atoms. The van der Waals surface area contributed by atoms with Gasteiger partial charge in [0, 0.05) is 13.5 Å². The fraction of sp³-hybridized carbons (Fsp3) is 0.429. The number of aromatic nitrogens is 1. The van der Waals surface area contributed by atoms with Gasteiger partial charge >= 0.3 is 0 Å². The van der Waals surface area contributed by atoms with Crippen LogP contribution in [-0.4, -0.2) is 25.9 Å². The molecular weight excluding hydrogens is 338 g/mol. The fourth-order valence-electron chi connectivity index (χ4n) is 1.76. The summed E-state index contributed by atoms with van der Waals surface area (Å²) in [5.74, 6) is 0.385. The van der Waals surface area contributed by atoms with Crippen LogP contribution in [0.5, 0.6) is 0 Å². The number of rotatable bonds is 6. The van der Waals surface area contributed by atoms with Crippen LogP contribution >= 0.6 is 11.3 Å². The lowest BCUT2D eigenvalue weighted by Gasteiger charge is -2.06. The molecule has 0 unspecified atom stereocenters. The Balaban J connectivity index is 2.25. The zero-order valence-electron chi connectivity index (χ0n) is 13.3. The molecule has 7 nitrogen and oxygen atoms in total. The summed E-state index contributed by atoms with van der Waals surface area (Å²) in [6.45, 7) is 7.34. The molecule has 0 fully saturated rings. The Morgan fingerprint density at radius 3 is 2.70 bits per heavy atom. The van der Waals surface area contributed by atoms with Gasteiger partial charge in [-0.2, -0.15) is 0 Å². The zero-order valence-corrected chi connectivity index (χ0v) is 15.0. The van der Waals surface area contributed by atoms with E-state index in [4.69, 9.17) is 4.42 Å². The third-order valence-electron chi connectivity index (χ3n) is 2.83. The minimum atomic E-state index is -3.67. The van der Waals surface area contributed by atoms with Gasteiger partial charge in [0.25, 0.3) is 10.0 Å². The number of carbonyl (C=O) groups is 1. The van der Waals surface area contributed by atoms with Crippen LogP contribution in [0.3, 0.4) is 0 Å². The number of hydrogen-bond donors (Lipinski definition) is 2. The van der Waals surface area contributed by atoms with Crippen molar-refractivity contribution in [3.63, 3.8) is 0 Å². The van der Waals surface area contributed by atoms with Crippen molar-refractivity contribution in [3.8, 4) is 10.6 Å². The second kappa shape index (κ2) is 6.81. The van der Waals surface area contributed by atoms with Crippen LogP contribution in [0.25, 0.3) is 10.6 Å². The van der Waals surface area contributed by atoms with E-state index in [9.17, 15) is 13.2 Å². The maximum Gasteiger partial charge on any atom is 0.273 e. The normalized spacial score (nSPS) is 11.9. The molecule has 2 aromatic heterocycles. The van der Waals surface area contributed by atoms with Gasteiger partial charge in [-0.3, -0.25) is 4.79 Å². The Bertz CT molecular complexity index is 806. The van der Waals surface area contributed by atoms with Crippen molar-refractivity contribution < 1.29 is 17.6 Å². The van der Waals surface area contributed by atoms with Crippen molar-refractivity contribution in [1.29, 1.82) is 0 Å². The van der Waals surface area contributed by atoms with Gasteiger partial charge in [0.2, 0.25) is 11.0 Å². The molecule has 0 aromatic carbocycles. The maximum absolute atomic E-state index is 12.1. The monoisotopic (exact) mass is 357 g/mol. The molecule has 0 bridgehead atoms. The van der Waals surface area contributed by atoms with Crippen LogP contribution in [0.2, 0.25) is 0 Å². The largest absolute Gasteiger partial charge is 0.442 e. The summed E-state index contributed by atoms with van der Waals surface area (Å²) >= 11 is 1.23. The predicted molar refractivity (Wildman–Crippen MR) is 88.9 cm³/mol. The van der Waals surface area contributed by atoms with Gasteiger partial charge in [-0.15, -0.1) is 0 Å². The van der Waals surface area contributed by atoms with Gasteiger partial charge < -0.3 is 9.73 Å². The van der Waals surface area contributed by atoms with Crippen molar-refractivity contribution >= 4 is 32.4 Å². The first kappa shape index (κ1) is 17.6. The highest BCUT2D eigenvalue weighted by Gasteiger charge is 2.21. The molecule has 9 heteroatoms. The quantitative estimate of drug-likeness (QED) is 0.827. The summed E-state index contributed by atoms with van der Waals surface area (Å²) in [5, 5.41) is 2.91. The molecule has 0 atom stereocenters. The van der Waals surface area contributed by atoms with E-state index in [0.717, 1.165) is 0 Å². The van der Waals surface area contributed by atoms with E-state index in [1.165, 1.54) is 24.3 Å². The number of aryl methyl sites for hydroxylation is 1. The summed E-state index contributed by atoms with van der Waals surface area (Å²) in [6, 6.07) is 3.00. The van der Waals surface area contributed by atoms with Crippen molar-refractivity contribution in [2.24, 2.45) is 5.92 Å². The molecule has 126 valence electrons. The van der Waals surface area contributed by atoms with Gasteiger partial charge in [0.15, 0.2) is 5.13 Å². The average Bonchev–Trinajstić information content (AvgIpc) is 3.03. The van der Waals surface area contributed by atoms with E-state index < -0.39 is 10.0 Å². The van der Waals surface area contributed by atoms with Crippen molar-refractivity contribution in [2.45, 2.75) is 32.8 Å². The summed E-state index contributed by atoms with van der Waals surface area (Å²) < 4.78 is 32.3. The van der Waals surface area contributed by atoms with E-state index in [-0.39, 0.29) is 16.9 Å². The molecule has 2 heterocycles. The number of furan rings is 1. The SMILES string of the molecule is CC(=O)Nc1nc(C)c(-c2ccc(S(=O)(=O)NCC(C)C)o2)s1. The molecule has 0 saturated carbocycles. The van der Waals surface area contributed by atoms with Crippen LogP contribution in [-0.2, 0) is 14.8 Å². The Hall–Kier alpha value is -1.71. The van der Waals surface area contributed by atoms with Gasteiger partial charge in [-0.1, -0.05) is 25.2 Å². The van der Waals surface area contributed by atoms with Crippen LogP contribution in [0.4, 0.5) is 5.13 Å². The number of carbonyl (C=O) groups excluding carboxylic acids is 1. The lowest BCUT2D eigenvalue weighted by molar-refractivity contribution is -0.114. The first-order chi connectivity index (χ1) is 10.7. The maximum atomic E-state index is 12.1. The lowest BCUT2D eigenvalue weighted by atomic mass is 10.2. The van der Waals surface area contributed by atoms with Crippen molar-refractivity contribution in [2.75, 3.05) is 11.9 Å². The summed E-state index contributed by atoms with van der Waals surface area (Å²) in [5.41, 5.74) is 0.659. The molecular formula is C14H19N3O4S2. The van der Waals surface area contributed by atoms with Gasteiger partial charge in [-0.05, 0) is 25.0 Å². The first-order valence-electron chi connectivity index (χ1n) is 7.04. The van der Waals surface area contributed by atoms with Gasteiger partial charge in [-0.25, -0.2) is 18.1 Å². The molecule has 0 spiro atoms. The van der Waals surface area contributed by atoms with Crippen molar-refractivity contribution in [1.82, 2.24) is 9.71 Å². The second-order valence-corrected chi connectivity index (χ2v) is 8.18. The molecule has 2 rings (SSSR count). The molecule has 1 amide bonds. The number of nitrogens with one attached hydrogen (secondary N) is 2. The van der Waals surface area contributed by atoms with Crippen LogP contribution < -0.4 is 10.0 Å². The number of anilines is 1. The Labute approximate surface area is 139 Å². The first-order valence-corrected chi connectivity index (χ1v) is 9.34. The Kier molecular flexibility index (Phi) is 5.23. The molecule has 0 saturated heterocycles. The summed E-state index contributed by atoms with van der Waals surface area (Å²) in [6.07, 6.45) is 0. The van der Waals surface area contributed by atoms with E-state index in [1.807, 2.05) is 13.8 Å². The lowest BCUT2D eigenvalue weighted by Crippen LogP contribution is -2.27. The molecule has 0 aliphatic rings.